The second-order valence-electron chi connectivity index (χ2n) is 8.57. The van der Waals surface area contributed by atoms with Gasteiger partial charge in [-0.15, -0.1) is 0 Å². The van der Waals surface area contributed by atoms with Crippen LogP contribution >= 0.6 is 11.6 Å². The molecule has 0 radical (unpaired) electrons. The third kappa shape index (κ3) is 5.60. The second-order valence-corrected chi connectivity index (χ2v) is 9.01. The Morgan fingerprint density at radius 3 is 2.26 bits per heavy atom. The van der Waals surface area contributed by atoms with Crippen molar-refractivity contribution in [3.8, 4) is 23.2 Å². The van der Waals surface area contributed by atoms with Gasteiger partial charge in [0.15, 0.2) is 11.4 Å². The summed E-state index contributed by atoms with van der Waals surface area (Å²) in [5, 5.41) is 8.00. The first-order chi connectivity index (χ1) is 16.6. The van der Waals surface area contributed by atoms with E-state index >= 15 is 0 Å². The zero-order valence-electron chi connectivity index (χ0n) is 20.2. The van der Waals surface area contributed by atoms with Crippen LogP contribution in [-0.4, -0.2) is 31.3 Å². The van der Waals surface area contributed by atoms with Crippen LogP contribution in [0, 0.1) is 20.8 Å². The Hall–Kier alpha value is -3.91. The molecule has 9 heteroatoms. The predicted molar refractivity (Wildman–Crippen MR) is 135 cm³/mol. The SMILES string of the molecule is Cc1nn(-c2cc(Oc3ccc(NC(=O)C(C)(C)Oc4ccc(Cl)cc4)cc3)ncn2)c(C)c1C. The minimum absolute atomic E-state index is 0.290. The number of nitrogens with one attached hydrogen (secondary N) is 1. The summed E-state index contributed by atoms with van der Waals surface area (Å²) in [6.07, 6.45) is 1.44. The number of aryl methyl sites for hydroxylation is 1. The molecule has 2 heterocycles. The van der Waals surface area contributed by atoms with Crippen molar-refractivity contribution in [3.63, 3.8) is 0 Å². The van der Waals surface area contributed by atoms with Crippen molar-refractivity contribution in [2.75, 3.05) is 5.32 Å². The van der Waals surface area contributed by atoms with Crippen LogP contribution < -0.4 is 14.8 Å². The van der Waals surface area contributed by atoms with E-state index < -0.39 is 5.60 Å². The number of rotatable bonds is 7. The largest absolute Gasteiger partial charge is 0.478 e. The molecule has 4 aromatic rings. The quantitative estimate of drug-likeness (QED) is 0.350. The first kappa shape index (κ1) is 24.2. The van der Waals surface area contributed by atoms with Crippen molar-refractivity contribution in [1.29, 1.82) is 0 Å². The molecule has 1 N–H and O–H groups in total. The molecule has 0 spiro atoms. The normalized spacial score (nSPS) is 11.3. The van der Waals surface area contributed by atoms with Crippen LogP contribution in [-0.2, 0) is 4.79 Å². The Kier molecular flexibility index (Phi) is 6.75. The topological polar surface area (TPSA) is 91.2 Å². The summed E-state index contributed by atoms with van der Waals surface area (Å²) < 4.78 is 13.5. The van der Waals surface area contributed by atoms with E-state index in [2.05, 4.69) is 20.4 Å². The van der Waals surface area contributed by atoms with Crippen LogP contribution in [0.1, 0.15) is 30.8 Å². The van der Waals surface area contributed by atoms with Gasteiger partial charge in [-0.2, -0.15) is 5.10 Å². The van der Waals surface area contributed by atoms with Gasteiger partial charge >= 0.3 is 0 Å². The van der Waals surface area contributed by atoms with Crippen LogP contribution in [0.15, 0.2) is 60.9 Å². The van der Waals surface area contributed by atoms with E-state index in [-0.39, 0.29) is 5.91 Å². The molecule has 0 fully saturated rings. The number of carbonyl (C=O) groups excluding carboxylic acids is 1. The highest BCUT2D eigenvalue weighted by molar-refractivity contribution is 6.30. The van der Waals surface area contributed by atoms with Gasteiger partial charge in [-0.05, 0) is 88.7 Å². The monoisotopic (exact) mass is 491 g/mol. The lowest BCUT2D eigenvalue weighted by Gasteiger charge is -2.25. The summed E-state index contributed by atoms with van der Waals surface area (Å²) >= 11 is 5.91. The Morgan fingerprint density at radius 2 is 1.63 bits per heavy atom. The fraction of sp³-hybridized carbons (Fsp3) is 0.231. The van der Waals surface area contributed by atoms with Crippen LogP contribution in [0.4, 0.5) is 5.69 Å². The van der Waals surface area contributed by atoms with E-state index in [9.17, 15) is 4.79 Å². The predicted octanol–water partition coefficient (Wildman–Crippen LogP) is 5.83. The minimum atomic E-state index is -1.10. The molecule has 180 valence electrons. The Balaban J connectivity index is 1.41. The standard InChI is InChI=1S/C26H26ClN5O3/c1-16-17(2)31-32(18(16)3)23-14-24(29-15-28-23)34-21-12-8-20(9-13-21)30-25(33)26(4,5)35-22-10-6-19(27)7-11-22/h6-15H,1-5H3,(H,30,33). The Labute approximate surface area is 208 Å². The smallest absolute Gasteiger partial charge is 0.267 e. The molecule has 4 rings (SSSR count). The van der Waals surface area contributed by atoms with Gasteiger partial charge in [0.2, 0.25) is 5.88 Å². The Morgan fingerprint density at radius 1 is 0.971 bits per heavy atom. The molecule has 0 saturated heterocycles. The summed E-state index contributed by atoms with van der Waals surface area (Å²) in [6, 6.07) is 15.6. The number of halogens is 1. The molecular formula is C26H26ClN5O3. The van der Waals surface area contributed by atoms with E-state index in [1.807, 2.05) is 20.8 Å². The molecule has 2 aromatic carbocycles. The van der Waals surface area contributed by atoms with Gasteiger partial charge in [-0.1, -0.05) is 11.6 Å². The number of nitrogens with zero attached hydrogens (tertiary/aromatic N) is 4. The number of benzene rings is 2. The van der Waals surface area contributed by atoms with Gasteiger partial charge in [-0.3, -0.25) is 4.79 Å². The highest BCUT2D eigenvalue weighted by Gasteiger charge is 2.30. The molecule has 1 amide bonds. The van der Waals surface area contributed by atoms with Gasteiger partial charge in [0, 0.05) is 22.5 Å². The summed E-state index contributed by atoms with van der Waals surface area (Å²) in [6.45, 7) is 9.38. The maximum Gasteiger partial charge on any atom is 0.267 e. The van der Waals surface area contributed by atoms with E-state index in [1.165, 1.54) is 6.33 Å². The lowest BCUT2D eigenvalue weighted by Crippen LogP contribution is -2.42. The zero-order valence-corrected chi connectivity index (χ0v) is 20.9. The molecule has 35 heavy (non-hydrogen) atoms. The summed E-state index contributed by atoms with van der Waals surface area (Å²) in [5.74, 6) is 1.83. The third-order valence-electron chi connectivity index (χ3n) is 5.57. The molecule has 0 saturated carbocycles. The van der Waals surface area contributed by atoms with Crippen molar-refractivity contribution >= 4 is 23.2 Å². The molecule has 0 aliphatic carbocycles. The van der Waals surface area contributed by atoms with Gasteiger partial charge in [-0.25, -0.2) is 14.6 Å². The highest BCUT2D eigenvalue weighted by atomic mass is 35.5. The molecule has 0 aliphatic heterocycles. The van der Waals surface area contributed by atoms with E-state index in [4.69, 9.17) is 21.1 Å². The van der Waals surface area contributed by atoms with Gasteiger partial charge in [0.1, 0.15) is 17.8 Å². The third-order valence-corrected chi connectivity index (χ3v) is 5.82. The van der Waals surface area contributed by atoms with Crippen molar-refractivity contribution in [3.05, 3.63) is 82.9 Å². The number of aromatic nitrogens is 4. The number of ether oxygens (including phenoxy) is 2. The van der Waals surface area contributed by atoms with Gasteiger partial charge in [0.25, 0.3) is 5.91 Å². The molecule has 0 unspecified atom stereocenters. The van der Waals surface area contributed by atoms with E-state index in [0.29, 0.717) is 33.9 Å². The first-order valence-corrected chi connectivity index (χ1v) is 11.4. The van der Waals surface area contributed by atoms with Crippen LogP contribution in [0.3, 0.4) is 0 Å². The fourth-order valence-electron chi connectivity index (χ4n) is 3.30. The van der Waals surface area contributed by atoms with E-state index in [0.717, 1.165) is 17.0 Å². The Bertz CT molecular complexity index is 1350. The van der Waals surface area contributed by atoms with E-state index in [1.54, 1.807) is 73.1 Å². The summed E-state index contributed by atoms with van der Waals surface area (Å²) in [7, 11) is 0. The molecular weight excluding hydrogens is 466 g/mol. The maximum absolute atomic E-state index is 12.8. The summed E-state index contributed by atoms with van der Waals surface area (Å²) in [5.41, 5.74) is 2.59. The van der Waals surface area contributed by atoms with Crippen LogP contribution in [0.2, 0.25) is 5.02 Å². The minimum Gasteiger partial charge on any atom is -0.478 e. The van der Waals surface area contributed by atoms with Crippen molar-refractivity contribution in [2.24, 2.45) is 0 Å². The molecule has 0 aliphatic rings. The number of hydrogen-bond acceptors (Lipinski definition) is 6. The van der Waals surface area contributed by atoms with Crippen molar-refractivity contribution in [1.82, 2.24) is 19.7 Å². The molecule has 0 bridgehead atoms. The van der Waals surface area contributed by atoms with Gasteiger partial charge in [0.05, 0.1) is 5.69 Å². The van der Waals surface area contributed by atoms with Crippen molar-refractivity contribution in [2.45, 2.75) is 40.2 Å². The molecule has 2 aromatic heterocycles. The lowest BCUT2D eigenvalue weighted by molar-refractivity contribution is -0.128. The second kappa shape index (κ2) is 9.76. The zero-order chi connectivity index (χ0) is 25.2. The number of anilines is 1. The lowest BCUT2D eigenvalue weighted by atomic mass is 10.1. The highest BCUT2D eigenvalue weighted by Crippen LogP contribution is 2.25. The molecule has 8 nitrogen and oxygen atoms in total. The van der Waals surface area contributed by atoms with Crippen LogP contribution in [0.25, 0.3) is 5.82 Å². The van der Waals surface area contributed by atoms with Crippen molar-refractivity contribution < 1.29 is 14.3 Å². The first-order valence-electron chi connectivity index (χ1n) is 11.0. The number of carbonyl (C=O) groups is 1. The summed E-state index contributed by atoms with van der Waals surface area (Å²) in [4.78, 5) is 21.3. The maximum atomic E-state index is 12.8. The number of amides is 1. The molecule has 0 atom stereocenters. The fourth-order valence-corrected chi connectivity index (χ4v) is 3.42. The number of hydrogen-bond donors (Lipinski definition) is 1. The average molecular weight is 492 g/mol. The van der Waals surface area contributed by atoms with Crippen LogP contribution in [0.5, 0.6) is 17.4 Å². The average Bonchev–Trinajstić information content (AvgIpc) is 3.09. The van der Waals surface area contributed by atoms with Gasteiger partial charge < -0.3 is 14.8 Å².